The normalized spacial score (nSPS) is 20.6. The second-order valence-electron chi connectivity index (χ2n) is 7.61. The highest BCUT2D eigenvalue weighted by atomic mass is 16.3. The molecule has 0 bridgehead atoms. The summed E-state index contributed by atoms with van der Waals surface area (Å²) < 4.78 is 0. The quantitative estimate of drug-likeness (QED) is 0.825. The summed E-state index contributed by atoms with van der Waals surface area (Å²) in [6.07, 6.45) is 5.20. The predicted molar refractivity (Wildman–Crippen MR) is 101 cm³/mol. The molecule has 0 radical (unpaired) electrons. The number of nitrogens with one attached hydrogen (secondary N) is 1. The zero-order chi connectivity index (χ0) is 17.7. The molecule has 1 aliphatic heterocycles. The maximum atomic E-state index is 12.4. The van der Waals surface area contributed by atoms with E-state index in [1.54, 1.807) is 0 Å². The molecule has 1 aliphatic carbocycles. The van der Waals surface area contributed by atoms with Crippen molar-refractivity contribution in [3.8, 4) is 0 Å². The van der Waals surface area contributed by atoms with Gasteiger partial charge >= 0.3 is 0 Å². The lowest BCUT2D eigenvalue weighted by molar-refractivity contribution is -0.123. The molecule has 2 fully saturated rings. The maximum Gasteiger partial charge on any atom is 0.220 e. The molecule has 1 heterocycles. The van der Waals surface area contributed by atoms with Crippen LogP contribution in [0.4, 0.5) is 5.69 Å². The third-order valence-electron chi connectivity index (χ3n) is 5.72. The predicted octanol–water partition coefficient (Wildman–Crippen LogP) is 1.79. The Hall–Kier alpha value is -1.59. The number of hydrogen-bond donors (Lipinski definition) is 2. The van der Waals surface area contributed by atoms with Crippen molar-refractivity contribution >= 4 is 11.6 Å². The minimum absolute atomic E-state index is 0.0522. The monoisotopic (exact) mass is 345 g/mol. The van der Waals surface area contributed by atoms with Crippen molar-refractivity contribution in [3.63, 3.8) is 0 Å². The summed E-state index contributed by atoms with van der Waals surface area (Å²) in [6, 6.07) is 8.44. The fraction of sp³-hybridized carbons (Fsp3) is 0.650. The average Bonchev–Trinajstić information content (AvgIpc) is 3.10. The Morgan fingerprint density at radius 3 is 2.52 bits per heavy atom. The van der Waals surface area contributed by atoms with Gasteiger partial charge in [-0.2, -0.15) is 0 Å². The van der Waals surface area contributed by atoms with Gasteiger partial charge in [0.15, 0.2) is 0 Å². The number of aliphatic hydroxyl groups is 1. The molecule has 0 atom stereocenters. The molecule has 1 saturated carbocycles. The molecular formula is C20H31N3O2. The Bertz CT molecular complexity index is 576. The number of hydrogen-bond acceptors (Lipinski definition) is 4. The number of amides is 1. The smallest absolute Gasteiger partial charge is 0.220 e. The van der Waals surface area contributed by atoms with E-state index in [4.69, 9.17) is 0 Å². The second-order valence-corrected chi connectivity index (χ2v) is 7.61. The number of nitrogens with zero attached hydrogens (tertiary/aromatic N) is 2. The highest BCUT2D eigenvalue weighted by Crippen LogP contribution is 2.29. The summed E-state index contributed by atoms with van der Waals surface area (Å²) in [5, 5.41) is 12.8. The van der Waals surface area contributed by atoms with E-state index >= 15 is 0 Å². The van der Waals surface area contributed by atoms with E-state index < -0.39 is 0 Å². The van der Waals surface area contributed by atoms with Crippen LogP contribution in [0, 0.1) is 0 Å². The fourth-order valence-corrected chi connectivity index (χ4v) is 4.06. The van der Waals surface area contributed by atoms with E-state index in [-0.39, 0.29) is 18.1 Å². The van der Waals surface area contributed by atoms with E-state index in [9.17, 15) is 9.90 Å². The van der Waals surface area contributed by atoms with Gasteiger partial charge in [-0.3, -0.25) is 4.79 Å². The summed E-state index contributed by atoms with van der Waals surface area (Å²) in [4.78, 5) is 17.2. The fourth-order valence-electron chi connectivity index (χ4n) is 4.06. The number of aliphatic hydroxyl groups excluding tert-OH is 1. The molecule has 0 spiro atoms. The van der Waals surface area contributed by atoms with Crippen molar-refractivity contribution < 1.29 is 9.90 Å². The van der Waals surface area contributed by atoms with Gasteiger partial charge in [-0.15, -0.1) is 0 Å². The van der Waals surface area contributed by atoms with Gasteiger partial charge in [0.25, 0.3) is 0 Å². The van der Waals surface area contributed by atoms with Gasteiger partial charge in [0.1, 0.15) is 0 Å². The third kappa shape index (κ3) is 4.53. The topological polar surface area (TPSA) is 55.8 Å². The number of piperazine rings is 1. The minimum atomic E-state index is -0.367. The van der Waals surface area contributed by atoms with Gasteiger partial charge in [-0.1, -0.05) is 31.0 Å². The standard InChI is InChI=1S/C20H31N3O2/c1-22-12-14-23(15-13-22)18-7-3-2-6-17(18)8-9-19(25)21-20(16-24)10-4-5-11-20/h2-3,6-7,24H,4-5,8-16H2,1H3,(H,21,25). The highest BCUT2D eigenvalue weighted by Gasteiger charge is 2.34. The molecular weight excluding hydrogens is 314 g/mol. The number of benzene rings is 1. The third-order valence-corrected chi connectivity index (χ3v) is 5.72. The Balaban J connectivity index is 1.58. The summed E-state index contributed by atoms with van der Waals surface area (Å²) >= 11 is 0. The van der Waals surface area contributed by atoms with Crippen LogP contribution in [-0.2, 0) is 11.2 Å². The largest absolute Gasteiger partial charge is 0.394 e. The van der Waals surface area contributed by atoms with Crippen LogP contribution in [0.5, 0.6) is 0 Å². The Morgan fingerprint density at radius 2 is 1.84 bits per heavy atom. The lowest BCUT2D eigenvalue weighted by atomic mass is 9.98. The number of anilines is 1. The lowest BCUT2D eigenvalue weighted by Crippen LogP contribution is -2.49. The Kier molecular flexibility index (Phi) is 5.97. The van der Waals surface area contributed by atoms with E-state index in [2.05, 4.69) is 46.4 Å². The molecule has 1 aromatic rings. The molecule has 1 aromatic carbocycles. The van der Waals surface area contributed by atoms with Crippen LogP contribution in [0.15, 0.2) is 24.3 Å². The van der Waals surface area contributed by atoms with Gasteiger partial charge in [0, 0.05) is 38.3 Å². The van der Waals surface area contributed by atoms with Crippen LogP contribution >= 0.6 is 0 Å². The van der Waals surface area contributed by atoms with Crippen LogP contribution in [0.25, 0.3) is 0 Å². The SMILES string of the molecule is CN1CCN(c2ccccc2CCC(=O)NC2(CO)CCCC2)CC1. The minimum Gasteiger partial charge on any atom is -0.394 e. The van der Waals surface area contributed by atoms with Crippen LogP contribution < -0.4 is 10.2 Å². The number of likely N-dealkylation sites (N-methyl/N-ethyl adjacent to an activating group) is 1. The first-order valence-electron chi connectivity index (χ1n) is 9.55. The zero-order valence-electron chi connectivity index (χ0n) is 15.3. The van der Waals surface area contributed by atoms with Gasteiger partial charge in [-0.25, -0.2) is 0 Å². The van der Waals surface area contributed by atoms with Crippen LogP contribution in [-0.4, -0.2) is 61.3 Å². The van der Waals surface area contributed by atoms with Gasteiger partial charge < -0.3 is 20.2 Å². The van der Waals surface area contributed by atoms with Crippen molar-refractivity contribution in [2.75, 3.05) is 44.7 Å². The summed E-state index contributed by atoms with van der Waals surface area (Å²) in [5.74, 6) is 0.0594. The van der Waals surface area contributed by atoms with E-state index in [1.165, 1.54) is 11.3 Å². The second kappa shape index (κ2) is 8.19. The first kappa shape index (κ1) is 18.2. The van der Waals surface area contributed by atoms with Crippen molar-refractivity contribution in [2.45, 2.75) is 44.1 Å². The molecule has 3 rings (SSSR count). The van der Waals surface area contributed by atoms with Crippen LogP contribution in [0.2, 0.25) is 0 Å². The summed E-state index contributed by atoms with van der Waals surface area (Å²) in [7, 11) is 2.16. The molecule has 25 heavy (non-hydrogen) atoms. The van der Waals surface area contributed by atoms with Crippen LogP contribution in [0.1, 0.15) is 37.7 Å². The average molecular weight is 345 g/mol. The van der Waals surface area contributed by atoms with Gasteiger partial charge in [-0.05, 0) is 37.9 Å². The zero-order valence-corrected chi connectivity index (χ0v) is 15.3. The molecule has 1 saturated heterocycles. The van der Waals surface area contributed by atoms with Gasteiger partial charge in [0.05, 0.1) is 12.1 Å². The maximum absolute atomic E-state index is 12.4. The molecule has 2 N–H and O–H groups in total. The lowest BCUT2D eigenvalue weighted by Gasteiger charge is -2.35. The van der Waals surface area contributed by atoms with Crippen molar-refractivity contribution in [1.29, 1.82) is 0 Å². The first-order valence-corrected chi connectivity index (χ1v) is 9.55. The van der Waals surface area contributed by atoms with Crippen molar-refractivity contribution in [1.82, 2.24) is 10.2 Å². The molecule has 1 amide bonds. The molecule has 0 unspecified atom stereocenters. The van der Waals surface area contributed by atoms with E-state index in [0.29, 0.717) is 6.42 Å². The summed E-state index contributed by atoms with van der Waals surface area (Å²) in [5.41, 5.74) is 2.14. The number of carbonyl (C=O) groups excluding carboxylic acids is 1. The molecule has 5 nitrogen and oxygen atoms in total. The molecule has 0 aromatic heterocycles. The summed E-state index contributed by atoms with van der Waals surface area (Å²) in [6.45, 7) is 4.28. The number of rotatable bonds is 6. The number of carbonyl (C=O) groups is 1. The number of para-hydroxylation sites is 1. The van der Waals surface area contributed by atoms with Crippen LogP contribution in [0.3, 0.4) is 0 Å². The van der Waals surface area contributed by atoms with Crippen molar-refractivity contribution in [2.24, 2.45) is 0 Å². The first-order chi connectivity index (χ1) is 12.1. The van der Waals surface area contributed by atoms with E-state index in [1.807, 2.05) is 0 Å². The van der Waals surface area contributed by atoms with E-state index in [0.717, 1.165) is 58.3 Å². The number of aryl methyl sites for hydroxylation is 1. The molecule has 138 valence electrons. The Labute approximate surface area is 151 Å². The molecule has 2 aliphatic rings. The Morgan fingerprint density at radius 1 is 1.16 bits per heavy atom. The highest BCUT2D eigenvalue weighted by molar-refractivity contribution is 5.77. The van der Waals surface area contributed by atoms with Gasteiger partial charge in [0.2, 0.25) is 5.91 Å². The molecule has 5 heteroatoms. The van der Waals surface area contributed by atoms with Crippen molar-refractivity contribution in [3.05, 3.63) is 29.8 Å².